The van der Waals surface area contributed by atoms with Gasteiger partial charge in [0.05, 0.1) is 16.3 Å². The number of nitrogens with one attached hydrogen (secondary N) is 1. The number of sulfonamides is 1. The summed E-state index contributed by atoms with van der Waals surface area (Å²) in [5.74, 6) is -0.367. The Morgan fingerprint density at radius 3 is 2.52 bits per heavy atom. The first-order valence-electron chi connectivity index (χ1n) is 8.10. The Morgan fingerprint density at radius 1 is 1.08 bits per heavy atom. The van der Waals surface area contributed by atoms with Crippen LogP contribution in [0.1, 0.15) is 23.1 Å². The third-order valence-corrected chi connectivity index (χ3v) is 6.12. The lowest BCUT2D eigenvalue weighted by molar-refractivity contribution is -0.118. The van der Waals surface area contributed by atoms with Crippen molar-refractivity contribution in [3.05, 3.63) is 52.8 Å². The van der Waals surface area contributed by atoms with E-state index in [4.69, 9.17) is 0 Å². The molecule has 0 radical (unpaired) electrons. The lowest BCUT2D eigenvalue weighted by atomic mass is 10.00. The summed E-state index contributed by atoms with van der Waals surface area (Å²) in [5, 5.41) is 0. The number of hydrogen-bond donors (Lipinski definition) is 1. The fraction of sp³-hybridized carbons (Fsp3) is 0.278. The maximum atomic E-state index is 13.7. The van der Waals surface area contributed by atoms with Gasteiger partial charge < -0.3 is 4.90 Å². The molecule has 7 heteroatoms. The number of carbonyl (C=O) groups is 1. The number of nitrogens with zero attached hydrogens (tertiary/aromatic N) is 1. The van der Waals surface area contributed by atoms with Crippen LogP contribution in [0.25, 0.3) is 0 Å². The van der Waals surface area contributed by atoms with Gasteiger partial charge in [-0.2, -0.15) is 0 Å². The second-order valence-corrected chi connectivity index (χ2v) is 8.14. The molecule has 0 aromatic heterocycles. The monoisotopic (exact) mass is 360 g/mol. The molecule has 2 aliphatic rings. The van der Waals surface area contributed by atoms with E-state index >= 15 is 0 Å². The summed E-state index contributed by atoms with van der Waals surface area (Å²) < 4.78 is 41.5. The summed E-state index contributed by atoms with van der Waals surface area (Å²) in [6, 6.07) is 7.47. The zero-order chi connectivity index (χ0) is 17.8. The first-order chi connectivity index (χ1) is 11.8. The molecule has 5 nitrogen and oxygen atoms in total. The predicted molar refractivity (Wildman–Crippen MR) is 92.8 cm³/mol. The highest BCUT2D eigenvalue weighted by Gasteiger charge is 2.32. The minimum absolute atomic E-state index is 0.0927. The third-order valence-electron chi connectivity index (χ3n) is 4.76. The minimum Gasteiger partial charge on any atom is -0.312 e. The Balaban J connectivity index is 1.72. The van der Waals surface area contributed by atoms with Crippen molar-refractivity contribution in [3.8, 4) is 0 Å². The van der Waals surface area contributed by atoms with Crippen LogP contribution in [0.3, 0.4) is 0 Å². The molecule has 0 saturated heterocycles. The summed E-state index contributed by atoms with van der Waals surface area (Å²) in [6.45, 7) is 2.22. The molecule has 1 N–H and O–H groups in total. The molecule has 2 heterocycles. The zero-order valence-electron chi connectivity index (χ0n) is 13.7. The van der Waals surface area contributed by atoms with E-state index in [1.54, 1.807) is 24.0 Å². The molecule has 2 aliphatic heterocycles. The van der Waals surface area contributed by atoms with Gasteiger partial charge in [0.15, 0.2) is 0 Å². The number of hydrogen-bond acceptors (Lipinski definition) is 3. The molecular weight excluding hydrogens is 343 g/mol. The van der Waals surface area contributed by atoms with E-state index in [9.17, 15) is 17.6 Å². The first kappa shape index (κ1) is 16.1. The van der Waals surface area contributed by atoms with Crippen LogP contribution in [0.4, 0.5) is 15.8 Å². The minimum atomic E-state index is -3.82. The Bertz CT molecular complexity index is 1000. The number of benzene rings is 2. The quantitative estimate of drug-likeness (QED) is 0.915. The molecule has 1 amide bonds. The van der Waals surface area contributed by atoms with Gasteiger partial charge in [0.25, 0.3) is 10.0 Å². The van der Waals surface area contributed by atoms with E-state index in [0.717, 1.165) is 16.8 Å². The van der Waals surface area contributed by atoms with Gasteiger partial charge in [0, 0.05) is 13.0 Å². The number of anilines is 2. The predicted octanol–water partition coefficient (Wildman–Crippen LogP) is 2.77. The summed E-state index contributed by atoms with van der Waals surface area (Å²) in [6.07, 6.45) is 1.59. The highest BCUT2D eigenvalue weighted by Crippen LogP contribution is 2.38. The second kappa shape index (κ2) is 5.56. The molecule has 130 valence electrons. The van der Waals surface area contributed by atoms with Gasteiger partial charge in [-0.05, 0) is 60.7 Å². The first-order valence-corrected chi connectivity index (χ1v) is 9.58. The lowest BCUT2D eigenvalue weighted by Gasteiger charge is -2.25. The van der Waals surface area contributed by atoms with Crippen LogP contribution in [0, 0.1) is 12.7 Å². The Hall–Kier alpha value is -2.41. The number of amides is 1. The molecule has 0 fully saturated rings. The Morgan fingerprint density at radius 2 is 1.80 bits per heavy atom. The maximum Gasteiger partial charge on any atom is 0.261 e. The summed E-state index contributed by atoms with van der Waals surface area (Å²) in [4.78, 5) is 13.9. The van der Waals surface area contributed by atoms with Crippen molar-refractivity contribution < 1.29 is 17.6 Å². The topological polar surface area (TPSA) is 66.5 Å². The largest absolute Gasteiger partial charge is 0.312 e. The number of halogens is 1. The van der Waals surface area contributed by atoms with Crippen LogP contribution in [-0.4, -0.2) is 20.9 Å². The average Bonchev–Trinajstić information content (AvgIpc) is 2.99. The van der Waals surface area contributed by atoms with Crippen LogP contribution in [0.5, 0.6) is 0 Å². The van der Waals surface area contributed by atoms with E-state index in [0.29, 0.717) is 31.4 Å². The standard InChI is InChI=1S/C18H17FN2O3S/c1-11-2-4-14(10-16(11)19)20-25(23,24)15-8-12-3-5-17(22)21-7-6-13(9-15)18(12)21/h2,4,8-10,20H,3,5-7H2,1H3. The molecule has 4 rings (SSSR count). The maximum absolute atomic E-state index is 13.7. The van der Waals surface area contributed by atoms with Crippen molar-refractivity contribution in [2.75, 3.05) is 16.2 Å². The SMILES string of the molecule is Cc1ccc(NS(=O)(=O)c2cc3c4c(c2)CCN4C(=O)CC3)cc1F. The third kappa shape index (κ3) is 2.68. The van der Waals surface area contributed by atoms with Crippen LogP contribution in [0.2, 0.25) is 0 Å². The van der Waals surface area contributed by atoms with Crippen molar-refractivity contribution >= 4 is 27.3 Å². The van der Waals surface area contributed by atoms with Gasteiger partial charge in [-0.1, -0.05) is 6.07 Å². The fourth-order valence-electron chi connectivity index (χ4n) is 3.45. The molecule has 0 bridgehead atoms. The molecule has 0 unspecified atom stereocenters. The summed E-state index contributed by atoms with van der Waals surface area (Å²) in [7, 11) is -3.82. The Kier molecular flexibility index (Phi) is 3.57. The number of carbonyl (C=O) groups excluding carboxylic acids is 1. The summed E-state index contributed by atoms with van der Waals surface area (Å²) in [5.41, 5.74) is 3.27. The van der Waals surface area contributed by atoms with Crippen molar-refractivity contribution in [3.63, 3.8) is 0 Å². The molecule has 2 aromatic rings. The highest BCUT2D eigenvalue weighted by atomic mass is 32.2. The van der Waals surface area contributed by atoms with Gasteiger partial charge >= 0.3 is 0 Å². The average molecular weight is 360 g/mol. The molecule has 2 aromatic carbocycles. The number of aryl methyl sites for hydroxylation is 2. The van der Waals surface area contributed by atoms with E-state index in [1.807, 2.05) is 0 Å². The molecule has 0 spiro atoms. The molecule has 25 heavy (non-hydrogen) atoms. The van der Waals surface area contributed by atoms with Gasteiger partial charge in [-0.3, -0.25) is 9.52 Å². The van der Waals surface area contributed by atoms with Gasteiger partial charge in [0.1, 0.15) is 5.82 Å². The van der Waals surface area contributed by atoms with Crippen molar-refractivity contribution in [1.29, 1.82) is 0 Å². The van der Waals surface area contributed by atoms with E-state index in [2.05, 4.69) is 4.72 Å². The van der Waals surface area contributed by atoms with E-state index in [-0.39, 0.29) is 16.5 Å². The smallest absolute Gasteiger partial charge is 0.261 e. The normalized spacial score (nSPS) is 16.1. The van der Waals surface area contributed by atoms with E-state index in [1.165, 1.54) is 18.2 Å². The second-order valence-electron chi connectivity index (χ2n) is 6.45. The van der Waals surface area contributed by atoms with Gasteiger partial charge in [-0.15, -0.1) is 0 Å². The van der Waals surface area contributed by atoms with E-state index < -0.39 is 15.8 Å². The fourth-order valence-corrected chi connectivity index (χ4v) is 4.60. The molecule has 0 aliphatic carbocycles. The van der Waals surface area contributed by atoms with Crippen LogP contribution in [0.15, 0.2) is 35.2 Å². The lowest BCUT2D eigenvalue weighted by Crippen LogP contribution is -2.33. The van der Waals surface area contributed by atoms with Crippen LogP contribution < -0.4 is 9.62 Å². The van der Waals surface area contributed by atoms with Crippen molar-refractivity contribution in [1.82, 2.24) is 0 Å². The summed E-state index contributed by atoms with van der Waals surface area (Å²) >= 11 is 0. The van der Waals surface area contributed by atoms with Crippen LogP contribution >= 0.6 is 0 Å². The molecule has 0 atom stereocenters. The molecule has 0 saturated carbocycles. The highest BCUT2D eigenvalue weighted by molar-refractivity contribution is 7.92. The van der Waals surface area contributed by atoms with Crippen LogP contribution in [-0.2, 0) is 27.7 Å². The zero-order valence-corrected chi connectivity index (χ0v) is 14.5. The number of rotatable bonds is 3. The van der Waals surface area contributed by atoms with Gasteiger partial charge in [-0.25, -0.2) is 12.8 Å². The Labute approximate surface area is 145 Å². The van der Waals surface area contributed by atoms with Gasteiger partial charge in [0.2, 0.25) is 5.91 Å². The van der Waals surface area contributed by atoms with Crippen molar-refractivity contribution in [2.45, 2.75) is 31.1 Å². The van der Waals surface area contributed by atoms with Crippen molar-refractivity contribution in [2.24, 2.45) is 0 Å². The molecular formula is C18H17FN2O3S.